The molecule has 0 aliphatic rings. The van der Waals surface area contributed by atoms with Crippen LogP contribution in [0.15, 0.2) is 53.0 Å². The topological polar surface area (TPSA) is 74.2 Å². The first-order valence-electron chi connectivity index (χ1n) is 9.24. The van der Waals surface area contributed by atoms with Crippen molar-refractivity contribution >= 4 is 21.8 Å². The lowest BCUT2D eigenvalue weighted by atomic mass is 9.95. The lowest BCUT2D eigenvalue weighted by Gasteiger charge is -2.27. The fourth-order valence-electron chi connectivity index (χ4n) is 3.01. The number of rotatable bonds is 9. The lowest BCUT2D eigenvalue weighted by Crippen LogP contribution is -2.46. The van der Waals surface area contributed by atoms with E-state index in [0.29, 0.717) is 12.3 Å². The number of hydrogen-bond donors (Lipinski definition) is 2. The van der Waals surface area contributed by atoms with Gasteiger partial charge in [-0.1, -0.05) is 54.0 Å². The average molecular weight is 444 g/mol. The predicted molar refractivity (Wildman–Crippen MR) is 114 cm³/mol. The number of hydrogen-bond acceptors (Lipinski definition) is 4. The Balaban J connectivity index is 2.36. The van der Waals surface area contributed by atoms with Gasteiger partial charge in [0.05, 0.1) is 25.3 Å². The highest BCUT2D eigenvalue weighted by Crippen LogP contribution is 2.27. The van der Waals surface area contributed by atoms with Crippen molar-refractivity contribution in [3.8, 4) is 11.8 Å². The van der Waals surface area contributed by atoms with Crippen LogP contribution in [0, 0.1) is 17.2 Å². The molecule has 1 amide bonds. The molecular formula is C22H26BrN3O2. The molecule has 0 aliphatic heterocycles. The molecule has 2 atom stereocenters. The summed E-state index contributed by atoms with van der Waals surface area (Å²) < 4.78 is 6.26. The van der Waals surface area contributed by atoms with Crippen LogP contribution in [0.2, 0.25) is 0 Å². The van der Waals surface area contributed by atoms with E-state index in [1.54, 1.807) is 7.11 Å². The number of halogens is 1. The highest BCUT2D eigenvalue weighted by atomic mass is 79.9. The second-order valence-electron chi connectivity index (χ2n) is 6.98. The van der Waals surface area contributed by atoms with Crippen LogP contribution in [0.5, 0.6) is 5.75 Å². The summed E-state index contributed by atoms with van der Waals surface area (Å²) in [6.45, 7) is 4.16. The van der Waals surface area contributed by atoms with Crippen LogP contribution in [-0.4, -0.2) is 25.6 Å². The quantitative estimate of drug-likeness (QED) is 0.569. The van der Waals surface area contributed by atoms with E-state index in [2.05, 4.69) is 40.4 Å². The van der Waals surface area contributed by atoms with Gasteiger partial charge in [-0.25, -0.2) is 0 Å². The largest absolute Gasteiger partial charge is 0.497 e. The van der Waals surface area contributed by atoms with Crippen LogP contribution in [0.25, 0.3) is 0 Å². The first-order chi connectivity index (χ1) is 13.4. The minimum atomic E-state index is -0.413. The molecule has 6 heteroatoms. The second-order valence-corrected chi connectivity index (χ2v) is 7.90. The van der Waals surface area contributed by atoms with Gasteiger partial charge in [0.1, 0.15) is 12.3 Å². The van der Waals surface area contributed by atoms with Gasteiger partial charge in [0.25, 0.3) is 0 Å². The highest BCUT2D eigenvalue weighted by Gasteiger charge is 2.25. The van der Waals surface area contributed by atoms with E-state index in [1.165, 1.54) is 0 Å². The second kappa shape index (κ2) is 10.8. The van der Waals surface area contributed by atoms with Crippen molar-refractivity contribution in [1.29, 1.82) is 5.26 Å². The number of nitriles is 1. The fraction of sp³-hybridized carbons (Fsp3) is 0.364. The molecule has 148 valence electrons. The first-order valence-corrected chi connectivity index (χ1v) is 10.0. The van der Waals surface area contributed by atoms with E-state index >= 15 is 0 Å². The van der Waals surface area contributed by atoms with Crippen LogP contribution >= 0.6 is 15.9 Å². The predicted octanol–water partition coefficient (Wildman–Crippen LogP) is 4.19. The van der Waals surface area contributed by atoms with Gasteiger partial charge in [0.2, 0.25) is 5.91 Å². The van der Waals surface area contributed by atoms with E-state index in [1.807, 2.05) is 54.6 Å². The summed E-state index contributed by atoms with van der Waals surface area (Å²) in [6.07, 6.45) is 0.667. The molecule has 2 rings (SSSR count). The molecule has 2 aromatic carbocycles. The maximum atomic E-state index is 12.6. The zero-order valence-electron chi connectivity index (χ0n) is 16.4. The Hall–Kier alpha value is -2.36. The zero-order chi connectivity index (χ0) is 20.5. The number of ether oxygens (including phenoxy) is 1. The van der Waals surface area contributed by atoms with E-state index in [4.69, 9.17) is 10.00 Å². The summed E-state index contributed by atoms with van der Waals surface area (Å²) in [5.41, 5.74) is 2.08. The molecular weight excluding hydrogens is 418 g/mol. The number of nitrogens with zero attached hydrogens (tertiary/aromatic N) is 1. The Morgan fingerprint density at radius 3 is 2.18 bits per heavy atom. The smallest absolute Gasteiger partial charge is 0.237 e. The summed E-state index contributed by atoms with van der Waals surface area (Å²) in [4.78, 5) is 12.6. The maximum absolute atomic E-state index is 12.6. The Labute approximate surface area is 175 Å². The number of carbonyl (C=O) groups is 1. The molecule has 5 nitrogen and oxygen atoms in total. The van der Waals surface area contributed by atoms with Gasteiger partial charge in [-0.2, -0.15) is 5.26 Å². The van der Waals surface area contributed by atoms with Crippen molar-refractivity contribution in [3.05, 3.63) is 64.1 Å². The molecule has 0 spiro atoms. The summed E-state index contributed by atoms with van der Waals surface area (Å²) in [5.74, 6) is 0.946. The average Bonchev–Trinajstić information content (AvgIpc) is 2.70. The van der Waals surface area contributed by atoms with Crippen LogP contribution in [0.1, 0.15) is 37.4 Å². The standard InChI is InChI=1S/C22H26BrN3O2/c1-15(2)14-20(22(27)25-13-12-24)26-21(16-4-8-18(23)9-5-16)17-6-10-19(28-3)11-7-17/h4-11,15,20-21,26H,13-14H2,1-3H3,(H,25,27)/t20-,21?/m0/s1. The highest BCUT2D eigenvalue weighted by molar-refractivity contribution is 9.10. The van der Waals surface area contributed by atoms with Gasteiger partial charge in [-0.15, -0.1) is 0 Å². The molecule has 2 aromatic rings. The molecule has 0 aromatic heterocycles. The molecule has 0 heterocycles. The van der Waals surface area contributed by atoms with Crippen molar-refractivity contribution in [2.24, 2.45) is 5.92 Å². The van der Waals surface area contributed by atoms with Crippen molar-refractivity contribution in [2.45, 2.75) is 32.4 Å². The van der Waals surface area contributed by atoms with Crippen LogP contribution in [-0.2, 0) is 4.79 Å². The van der Waals surface area contributed by atoms with E-state index in [9.17, 15) is 4.79 Å². The molecule has 1 unspecified atom stereocenters. The number of nitrogens with one attached hydrogen (secondary N) is 2. The molecule has 0 bridgehead atoms. The Morgan fingerprint density at radius 1 is 1.11 bits per heavy atom. The van der Waals surface area contributed by atoms with E-state index in [-0.39, 0.29) is 18.5 Å². The third kappa shape index (κ3) is 6.36. The van der Waals surface area contributed by atoms with Crippen LogP contribution in [0.4, 0.5) is 0 Å². The van der Waals surface area contributed by atoms with Gasteiger partial charge >= 0.3 is 0 Å². The molecule has 28 heavy (non-hydrogen) atoms. The minimum Gasteiger partial charge on any atom is -0.497 e. The Morgan fingerprint density at radius 2 is 1.68 bits per heavy atom. The number of amides is 1. The van der Waals surface area contributed by atoms with Crippen molar-refractivity contribution < 1.29 is 9.53 Å². The Kier molecular flexibility index (Phi) is 8.49. The molecule has 0 saturated heterocycles. The number of methoxy groups -OCH3 is 1. The Bertz CT molecular complexity index is 798. The maximum Gasteiger partial charge on any atom is 0.237 e. The van der Waals surface area contributed by atoms with Crippen LogP contribution in [0.3, 0.4) is 0 Å². The van der Waals surface area contributed by atoms with Gasteiger partial charge in [0, 0.05) is 4.47 Å². The first kappa shape index (κ1) is 21.9. The summed E-state index contributed by atoms with van der Waals surface area (Å²) in [5, 5.41) is 15.0. The van der Waals surface area contributed by atoms with Crippen molar-refractivity contribution in [2.75, 3.05) is 13.7 Å². The normalized spacial score (nSPS) is 12.9. The van der Waals surface area contributed by atoms with Crippen molar-refractivity contribution in [1.82, 2.24) is 10.6 Å². The summed E-state index contributed by atoms with van der Waals surface area (Å²) in [7, 11) is 1.64. The third-order valence-electron chi connectivity index (χ3n) is 4.39. The lowest BCUT2D eigenvalue weighted by molar-refractivity contribution is -0.123. The minimum absolute atomic E-state index is 0.000590. The van der Waals surface area contributed by atoms with Gasteiger partial charge in [-0.3, -0.25) is 10.1 Å². The molecule has 0 radical (unpaired) electrons. The van der Waals surface area contributed by atoms with Gasteiger partial charge in [0.15, 0.2) is 0 Å². The number of benzene rings is 2. The van der Waals surface area contributed by atoms with Gasteiger partial charge < -0.3 is 10.1 Å². The molecule has 0 saturated carbocycles. The van der Waals surface area contributed by atoms with Crippen molar-refractivity contribution in [3.63, 3.8) is 0 Å². The summed E-state index contributed by atoms with van der Waals surface area (Å²) in [6, 6.07) is 17.2. The molecule has 0 aliphatic carbocycles. The SMILES string of the molecule is COc1ccc(C(N[C@@H](CC(C)C)C(=O)NCC#N)c2ccc(Br)cc2)cc1. The van der Waals surface area contributed by atoms with E-state index in [0.717, 1.165) is 21.3 Å². The van der Waals surface area contributed by atoms with Crippen LogP contribution < -0.4 is 15.4 Å². The summed E-state index contributed by atoms with van der Waals surface area (Å²) >= 11 is 3.47. The number of carbonyl (C=O) groups excluding carboxylic acids is 1. The van der Waals surface area contributed by atoms with Gasteiger partial charge in [-0.05, 0) is 47.7 Å². The fourth-order valence-corrected chi connectivity index (χ4v) is 3.27. The molecule has 2 N–H and O–H groups in total. The molecule has 0 fully saturated rings. The third-order valence-corrected chi connectivity index (χ3v) is 4.91. The monoisotopic (exact) mass is 443 g/mol. The van der Waals surface area contributed by atoms with E-state index < -0.39 is 6.04 Å². The zero-order valence-corrected chi connectivity index (χ0v) is 18.0.